The third-order valence-corrected chi connectivity index (χ3v) is 4.90. The van der Waals surface area contributed by atoms with Gasteiger partial charge in [-0.15, -0.1) is 0 Å². The Kier molecular flexibility index (Phi) is 6.18. The number of nitrogens with zero attached hydrogens (tertiary/aromatic N) is 3. The van der Waals surface area contributed by atoms with Gasteiger partial charge in [0.15, 0.2) is 0 Å². The van der Waals surface area contributed by atoms with Gasteiger partial charge in [0, 0.05) is 24.5 Å². The van der Waals surface area contributed by atoms with Crippen molar-refractivity contribution in [2.45, 2.75) is 18.5 Å². The molecule has 6 heteroatoms. The van der Waals surface area contributed by atoms with Crippen LogP contribution in [-0.4, -0.2) is 21.6 Å². The number of hydrogen-bond acceptors (Lipinski definition) is 5. The number of hydrogen-bond donors (Lipinski definition) is 1. The summed E-state index contributed by atoms with van der Waals surface area (Å²) in [5.74, 6) is 0.105. The highest BCUT2D eigenvalue weighted by Crippen LogP contribution is 2.24. The molecule has 0 aliphatic carbocycles. The number of nitriles is 1. The van der Waals surface area contributed by atoms with Gasteiger partial charge < -0.3 is 5.32 Å². The molecular weight excluding hydrogens is 356 g/mol. The molecule has 2 heterocycles. The molecule has 0 aliphatic heterocycles. The van der Waals surface area contributed by atoms with Gasteiger partial charge in [-0.2, -0.15) is 5.26 Å². The predicted octanol–water partition coefficient (Wildman–Crippen LogP) is 3.73. The van der Waals surface area contributed by atoms with Crippen LogP contribution in [0.1, 0.15) is 16.7 Å². The maximum atomic E-state index is 12.2. The van der Waals surface area contributed by atoms with E-state index in [2.05, 4.69) is 21.4 Å². The van der Waals surface area contributed by atoms with Crippen molar-refractivity contribution in [2.75, 3.05) is 5.75 Å². The monoisotopic (exact) mass is 374 g/mol. The fourth-order valence-corrected chi connectivity index (χ4v) is 3.21. The topological polar surface area (TPSA) is 78.7 Å². The van der Waals surface area contributed by atoms with Crippen LogP contribution in [0.5, 0.6) is 0 Å². The van der Waals surface area contributed by atoms with Gasteiger partial charge in [0.2, 0.25) is 5.91 Å². The first-order valence-electron chi connectivity index (χ1n) is 8.42. The molecule has 0 spiro atoms. The maximum absolute atomic E-state index is 12.2. The zero-order chi connectivity index (χ0) is 19.1. The van der Waals surface area contributed by atoms with E-state index < -0.39 is 0 Å². The summed E-state index contributed by atoms with van der Waals surface area (Å²) in [7, 11) is 0. The second-order valence-corrected chi connectivity index (χ2v) is 6.91. The van der Waals surface area contributed by atoms with Gasteiger partial charge in [0.1, 0.15) is 11.1 Å². The minimum Gasteiger partial charge on any atom is -0.351 e. The van der Waals surface area contributed by atoms with E-state index in [1.54, 1.807) is 24.5 Å². The maximum Gasteiger partial charge on any atom is 0.230 e. The Hall–Kier alpha value is -3.17. The Morgan fingerprint density at radius 1 is 1.11 bits per heavy atom. The van der Waals surface area contributed by atoms with Crippen molar-refractivity contribution in [3.05, 3.63) is 77.6 Å². The van der Waals surface area contributed by atoms with Crippen molar-refractivity contribution in [3.63, 3.8) is 0 Å². The van der Waals surface area contributed by atoms with Crippen molar-refractivity contribution in [1.82, 2.24) is 15.3 Å². The molecule has 0 unspecified atom stereocenters. The van der Waals surface area contributed by atoms with Crippen molar-refractivity contribution >= 4 is 17.7 Å². The number of aromatic nitrogens is 2. The third kappa shape index (κ3) is 5.16. The first-order chi connectivity index (χ1) is 13.2. The lowest BCUT2D eigenvalue weighted by molar-refractivity contribution is -0.118. The molecule has 3 rings (SSSR count). The lowest BCUT2D eigenvalue weighted by Gasteiger charge is -2.08. The first-order valence-corrected chi connectivity index (χ1v) is 9.41. The minimum atomic E-state index is -0.0967. The summed E-state index contributed by atoms with van der Waals surface area (Å²) in [6.07, 6.45) is 3.39. The van der Waals surface area contributed by atoms with Gasteiger partial charge in [-0.25, -0.2) is 4.98 Å². The number of aryl methyl sites for hydroxylation is 1. The molecule has 27 heavy (non-hydrogen) atoms. The largest absolute Gasteiger partial charge is 0.351 e. The average Bonchev–Trinajstić information content (AvgIpc) is 2.72. The average molecular weight is 374 g/mol. The van der Waals surface area contributed by atoms with E-state index in [9.17, 15) is 10.1 Å². The van der Waals surface area contributed by atoms with Crippen LogP contribution in [0.3, 0.4) is 0 Å². The van der Waals surface area contributed by atoms with Crippen LogP contribution >= 0.6 is 11.8 Å². The molecule has 0 atom stereocenters. The van der Waals surface area contributed by atoms with Crippen molar-refractivity contribution in [1.29, 1.82) is 5.26 Å². The standard InChI is InChI=1S/C21H18N4OS/c1-15-2-4-16(5-3-15)13-24-20(26)14-27-21-18(12-22)6-7-19(25-21)17-8-10-23-11-9-17/h2-11H,13-14H2,1H3,(H,24,26). The van der Waals surface area contributed by atoms with Crippen LogP contribution in [0.4, 0.5) is 0 Å². The number of benzene rings is 1. The quantitative estimate of drug-likeness (QED) is 0.665. The van der Waals surface area contributed by atoms with Gasteiger partial charge in [0.25, 0.3) is 0 Å². The Labute approximate surface area is 162 Å². The summed E-state index contributed by atoms with van der Waals surface area (Å²) >= 11 is 1.26. The molecular formula is C21H18N4OS. The molecule has 134 valence electrons. The SMILES string of the molecule is Cc1ccc(CNC(=O)CSc2nc(-c3ccncc3)ccc2C#N)cc1. The zero-order valence-corrected chi connectivity index (χ0v) is 15.7. The second kappa shape index (κ2) is 8.97. The molecule has 0 aliphatic rings. The number of carbonyl (C=O) groups is 1. The zero-order valence-electron chi connectivity index (χ0n) is 14.8. The Bertz CT molecular complexity index is 966. The summed E-state index contributed by atoms with van der Waals surface area (Å²) in [6, 6.07) is 17.4. The fourth-order valence-electron chi connectivity index (χ4n) is 2.41. The van der Waals surface area contributed by atoms with E-state index in [1.165, 1.54) is 17.3 Å². The molecule has 2 aromatic heterocycles. The molecule has 0 saturated carbocycles. The van der Waals surface area contributed by atoms with E-state index in [-0.39, 0.29) is 11.7 Å². The lowest BCUT2D eigenvalue weighted by atomic mass is 10.1. The fraction of sp³-hybridized carbons (Fsp3) is 0.143. The Morgan fingerprint density at radius 3 is 2.56 bits per heavy atom. The van der Waals surface area contributed by atoms with Crippen LogP contribution in [0.15, 0.2) is 66.0 Å². The van der Waals surface area contributed by atoms with Gasteiger partial charge >= 0.3 is 0 Å². The van der Waals surface area contributed by atoms with E-state index in [4.69, 9.17) is 0 Å². The van der Waals surface area contributed by atoms with Crippen LogP contribution in [0, 0.1) is 18.3 Å². The Morgan fingerprint density at radius 2 is 1.85 bits per heavy atom. The van der Waals surface area contributed by atoms with Crippen LogP contribution in [0.2, 0.25) is 0 Å². The molecule has 0 saturated heterocycles. The number of amides is 1. The van der Waals surface area contributed by atoms with E-state index in [0.717, 1.165) is 16.8 Å². The molecule has 3 aromatic rings. The number of pyridine rings is 2. The van der Waals surface area contributed by atoms with Crippen LogP contribution in [-0.2, 0) is 11.3 Å². The summed E-state index contributed by atoms with van der Waals surface area (Å²) < 4.78 is 0. The Balaban J connectivity index is 1.63. The van der Waals surface area contributed by atoms with Crippen molar-refractivity contribution < 1.29 is 4.79 Å². The summed E-state index contributed by atoms with van der Waals surface area (Å²) in [5.41, 5.74) is 4.36. The van der Waals surface area contributed by atoms with E-state index >= 15 is 0 Å². The number of nitrogens with one attached hydrogen (secondary N) is 1. The second-order valence-electron chi connectivity index (χ2n) is 5.95. The van der Waals surface area contributed by atoms with Crippen LogP contribution < -0.4 is 5.32 Å². The van der Waals surface area contributed by atoms with Gasteiger partial charge in [-0.3, -0.25) is 9.78 Å². The highest BCUT2D eigenvalue weighted by atomic mass is 32.2. The first kappa shape index (κ1) is 18.6. The molecule has 0 fully saturated rings. The van der Waals surface area contributed by atoms with E-state index in [1.807, 2.05) is 43.3 Å². The molecule has 1 N–H and O–H groups in total. The van der Waals surface area contributed by atoms with Gasteiger partial charge in [-0.05, 0) is 36.8 Å². The van der Waals surface area contributed by atoms with Crippen LogP contribution in [0.25, 0.3) is 11.3 Å². The van der Waals surface area contributed by atoms with Crippen molar-refractivity contribution in [2.24, 2.45) is 0 Å². The molecule has 1 amide bonds. The molecule has 0 radical (unpaired) electrons. The molecule has 5 nitrogen and oxygen atoms in total. The minimum absolute atomic E-state index is 0.0967. The van der Waals surface area contributed by atoms with Gasteiger partial charge in [-0.1, -0.05) is 41.6 Å². The van der Waals surface area contributed by atoms with E-state index in [0.29, 0.717) is 17.1 Å². The number of thioether (sulfide) groups is 1. The molecule has 0 bridgehead atoms. The summed E-state index contributed by atoms with van der Waals surface area (Å²) in [4.78, 5) is 20.7. The number of carbonyl (C=O) groups excluding carboxylic acids is 1. The third-order valence-electron chi connectivity index (χ3n) is 3.91. The highest BCUT2D eigenvalue weighted by molar-refractivity contribution is 8.00. The lowest BCUT2D eigenvalue weighted by Crippen LogP contribution is -2.24. The normalized spacial score (nSPS) is 10.2. The van der Waals surface area contributed by atoms with Crippen molar-refractivity contribution in [3.8, 4) is 17.3 Å². The smallest absolute Gasteiger partial charge is 0.230 e. The number of rotatable bonds is 6. The highest BCUT2D eigenvalue weighted by Gasteiger charge is 2.10. The van der Waals surface area contributed by atoms with Gasteiger partial charge in [0.05, 0.1) is 17.0 Å². The summed E-state index contributed by atoms with van der Waals surface area (Å²) in [5, 5.41) is 12.8. The summed E-state index contributed by atoms with van der Waals surface area (Å²) in [6.45, 7) is 2.51. The molecule has 1 aromatic carbocycles. The predicted molar refractivity (Wildman–Crippen MR) is 106 cm³/mol.